The number of ether oxygens (including phenoxy) is 3. The summed E-state index contributed by atoms with van der Waals surface area (Å²) in [6.45, 7) is 9.88. The van der Waals surface area contributed by atoms with Gasteiger partial charge in [0.25, 0.3) is 0 Å². The van der Waals surface area contributed by atoms with Crippen molar-refractivity contribution in [2.45, 2.75) is 58.7 Å². The average molecular weight is 522 g/mol. The largest absolute Gasteiger partial charge is 0.473 e. The van der Waals surface area contributed by atoms with Gasteiger partial charge in [0.05, 0.1) is 18.2 Å². The van der Waals surface area contributed by atoms with Crippen LogP contribution < -0.4 is 9.64 Å². The van der Waals surface area contributed by atoms with Crippen molar-refractivity contribution >= 4 is 28.4 Å². The minimum absolute atomic E-state index is 0.0197. The Morgan fingerprint density at radius 1 is 1.21 bits per heavy atom. The summed E-state index contributed by atoms with van der Waals surface area (Å²) in [6.07, 6.45) is 5.54. The van der Waals surface area contributed by atoms with Crippen LogP contribution in [0.4, 0.5) is 5.82 Å². The normalized spacial score (nSPS) is 17.5. The molecule has 1 aliphatic carbocycles. The van der Waals surface area contributed by atoms with Crippen molar-refractivity contribution in [1.82, 2.24) is 19.6 Å². The molecule has 0 bridgehead atoms. The summed E-state index contributed by atoms with van der Waals surface area (Å²) in [6, 6.07) is 7.55. The van der Waals surface area contributed by atoms with Crippen molar-refractivity contribution in [3.63, 3.8) is 0 Å². The molecule has 0 saturated heterocycles. The SMILES string of the molecule is CCN(CCOC)c1nccc2oc(-c3cnc4ccc(OC5CC(CC(=O)OC(C)(C)C)C5)nn34)cc12. The van der Waals surface area contributed by atoms with Crippen molar-refractivity contribution in [2.24, 2.45) is 5.92 Å². The molecule has 0 amide bonds. The summed E-state index contributed by atoms with van der Waals surface area (Å²) < 4.78 is 24.8. The van der Waals surface area contributed by atoms with E-state index in [0.29, 0.717) is 30.3 Å². The molecule has 1 saturated carbocycles. The van der Waals surface area contributed by atoms with E-state index in [2.05, 4.69) is 26.9 Å². The maximum atomic E-state index is 12.1. The summed E-state index contributed by atoms with van der Waals surface area (Å²) in [5.74, 6) is 2.12. The van der Waals surface area contributed by atoms with Crippen LogP contribution >= 0.6 is 0 Å². The van der Waals surface area contributed by atoms with Crippen LogP contribution in [0.5, 0.6) is 5.88 Å². The molecule has 4 aromatic heterocycles. The number of pyridine rings is 1. The third kappa shape index (κ3) is 5.60. The number of rotatable bonds is 10. The first-order chi connectivity index (χ1) is 18.2. The molecule has 4 aromatic rings. The minimum Gasteiger partial charge on any atom is -0.473 e. The van der Waals surface area contributed by atoms with Crippen molar-refractivity contribution in [2.75, 3.05) is 31.7 Å². The maximum absolute atomic E-state index is 12.1. The number of furan rings is 1. The van der Waals surface area contributed by atoms with Crippen LogP contribution in [-0.2, 0) is 14.3 Å². The molecular formula is C28H35N5O5. The Morgan fingerprint density at radius 2 is 2.03 bits per heavy atom. The summed E-state index contributed by atoms with van der Waals surface area (Å²) in [5, 5.41) is 5.61. The molecule has 0 spiro atoms. The zero-order chi connectivity index (χ0) is 26.9. The lowest BCUT2D eigenvalue weighted by atomic mass is 9.80. The van der Waals surface area contributed by atoms with Gasteiger partial charge in [0.2, 0.25) is 5.88 Å². The van der Waals surface area contributed by atoms with Gasteiger partial charge in [0, 0.05) is 38.9 Å². The minimum atomic E-state index is -0.462. The fraction of sp³-hybridized carbons (Fsp3) is 0.500. The van der Waals surface area contributed by atoms with Crippen LogP contribution in [0.3, 0.4) is 0 Å². The second kappa shape index (κ2) is 10.6. The van der Waals surface area contributed by atoms with Crippen molar-refractivity contribution < 1.29 is 23.4 Å². The van der Waals surface area contributed by atoms with Crippen LogP contribution in [0, 0.1) is 5.92 Å². The van der Waals surface area contributed by atoms with Crippen LogP contribution in [0.25, 0.3) is 28.1 Å². The molecule has 0 radical (unpaired) electrons. The van der Waals surface area contributed by atoms with E-state index in [4.69, 9.17) is 18.6 Å². The number of anilines is 1. The van der Waals surface area contributed by atoms with Gasteiger partial charge in [-0.05, 0) is 64.7 Å². The number of likely N-dealkylation sites (N-methyl/N-ethyl adjacent to an activating group) is 1. The van der Waals surface area contributed by atoms with Gasteiger partial charge < -0.3 is 23.5 Å². The van der Waals surface area contributed by atoms with Gasteiger partial charge in [-0.2, -0.15) is 0 Å². The molecule has 4 heterocycles. The first kappa shape index (κ1) is 26.0. The fourth-order valence-electron chi connectivity index (χ4n) is 4.76. The van der Waals surface area contributed by atoms with Gasteiger partial charge in [-0.3, -0.25) is 4.79 Å². The highest BCUT2D eigenvalue weighted by atomic mass is 16.6. The lowest BCUT2D eigenvalue weighted by molar-refractivity contribution is -0.157. The molecule has 1 fully saturated rings. The standard InChI is InChI=1S/C28H35N5O5/c1-6-32(11-12-35-5)27-20-16-23(37-22(20)9-10-29-27)21-17-30-24-7-8-25(31-33(21)24)36-19-13-18(14-19)15-26(34)38-28(2,3)4/h7-10,16-19H,6,11-15H2,1-5H3. The van der Waals surface area contributed by atoms with Gasteiger partial charge in [0.1, 0.15) is 28.8 Å². The molecule has 0 unspecified atom stereocenters. The van der Waals surface area contributed by atoms with Crippen molar-refractivity contribution in [1.29, 1.82) is 0 Å². The second-order valence-electron chi connectivity index (χ2n) is 10.7. The lowest BCUT2D eigenvalue weighted by Crippen LogP contribution is -2.36. The van der Waals surface area contributed by atoms with Gasteiger partial charge in [-0.15, -0.1) is 5.10 Å². The van der Waals surface area contributed by atoms with Gasteiger partial charge >= 0.3 is 5.97 Å². The van der Waals surface area contributed by atoms with E-state index >= 15 is 0 Å². The number of carbonyl (C=O) groups is 1. The summed E-state index contributed by atoms with van der Waals surface area (Å²) in [7, 11) is 1.70. The zero-order valence-electron chi connectivity index (χ0n) is 22.6. The van der Waals surface area contributed by atoms with E-state index in [1.807, 2.05) is 45.0 Å². The number of carbonyl (C=O) groups excluding carboxylic acids is 1. The smallest absolute Gasteiger partial charge is 0.306 e. The van der Waals surface area contributed by atoms with Crippen molar-refractivity contribution in [3.05, 3.63) is 36.7 Å². The van der Waals surface area contributed by atoms with Gasteiger partial charge in [-0.1, -0.05) is 0 Å². The maximum Gasteiger partial charge on any atom is 0.306 e. The number of nitrogens with zero attached hydrogens (tertiary/aromatic N) is 5. The Bertz CT molecular complexity index is 1420. The van der Waals surface area contributed by atoms with E-state index in [0.717, 1.165) is 48.4 Å². The molecular weight excluding hydrogens is 486 g/mol. The van der Waals surface area contributed by atoms with E-state index in [9.17, 15) is 4.79 Å². The number of esters is 1. The van der Waals surface area contributed by atoms with Crippen LogP contribution in [0.15, 0.2) is 41.1 Å². The van der Waals surface area contributed by atoms with Crippen LogP contribution in [0.1, 0.15) is 47.0 Å². The highest BCUT2D eigenvalue weighted by Crippen LogP contribution is 2.35. The highest BCUT2D eigenvalue weighted by Gasteiger charge is 2.34. The Kier molecular flexibility index (Phi) is 7.25. The summed E-state index contributed by atoms with van der Waals surface area (Å²) >= 11 is 0. The topological polar surface area (TPSA) is 104 Å². The third-order valence-electron chi connectivity index (χ3n) is 6.62. The number of methoxy groups -OCH3 is 1. The molecule has 10 nitrogen and oxygen atoms in total. The Morgan fingerprint density at radius 3 is 2.76 bits per heavy atom. The monoisotopic (exact) mass is 521 g/mol. The molecule has 10 heteroatoms. The Labute approximate surface area is 221 Å². The molecule has 202 valence electrons. The highest BCUT2D eigenvalue weighted by molar-refractivity contribution is 5.91. The number of fused-ring (bicyclic) bond motifs is 2. The fourth-order valence-corrected chi connectivity index (χ4v) is 4.76. The molecule has 0 atom stereocenters. The van der Waals surface area contributed by atoms with Gasteiger partial charge in [-0.25, -0.2) is 14.5 Å². The summed E-state index contributed by atoms with van der Waals surface area (Å²) in [4.78, 5) is 23.4. The van der Waals surface area contributed by atoms with Crippen LogP contribution in [0.2, 0.25) is 0 Å². The van der Waals surface area contributed by atoms with E-state index in [1.54, 1.807) is 24.0 Å². The number of aromatic nitrogens is 4. The second-order valence-corrected chi connectivity index (χ2v) is 10.7. The van der Waals surface area contributed by atoms with Crippen molar-refractivity contribution in [3.8, 4) is 17.3 Å². The summed E-state index contributed by atoms with van der Waals surface area (Å²) in [5.41, 5.74) is 1.70. The van der Waals surface area contributed by atoms with E-state index in [-0.39, 0.29) is 18.0 Å². The molecule has 0 N–H and O–H groups in total. The number of hydrogen-bond acceptors (Lipinski definition) is 9. The molecule has 38 heavy (non-hydrogen) atoms. The molecule has 0 aromatic carbocycles. The van der Waals surface area contributed by atoms with Crippen LogP contribution in [-0.4, -0.2) is 64.1 Å². The average Bonchev–Trinajstić information content (AvgIpc) is 3.46. The predicted octanol–water partition coefficient (Wildman–Crippen LogP) is 4.90. The first-order valence-electron chi connectivity index (χ1n) is 13.1. The third-order valence-corrected chi connectivity index (χ3v) is 6.62. The lowest BCUT2D eigenvalue weighted by Gasteiger charge is -2.34. The first-order valence-corrected chi connectivity index (χ1v) is 13.1. The Hall–Kier alpha value is -3.66. The number of imidazole rings is 1. The van der Waals surface area contributed by atoms with Gasteiger partial charge in [0.15, 0.2) is 11.4 Å². The molecule has 1 aliphatic rings. The quantitative estimate of drug-likeness (QED) is 0.270. The van der Waals surface area contributed by atoms with E-state index < -0.39 is 5.60 Å². The predicted molar refractivity (Wildman–Crippen MR) is 143 cm³/mol. The molecule has 5 rings (SSSR count). The molecule has 0 aliphatic heterocycles. The van der Waals surface area contributed by atoms with E-state index in [1.165, 1.54) is 0 Å². The Balaban J connectivity index is 1.31. The zero-order valence-corrected chi connectivity index (χ0v) is 22.6. The number of hydrogen-bond donors (Lipinski definition) is 0.